The Bertz CT molecular complexity index is 1710. The summed E-state index contributed by atoms with van der Waals surface area (Å²) in [6.45, 7) is 0. The van der Waals surface area contributed by atoms with Crippen molar-refractivity contribution in [1.29, 1.82) is 0 Å². The fourth-order valence-electron chi connectivity index (χ4n) is 4.01. The SMILES string of the molecule is O=C(Nc1ccc2cc1CCc1cccc(c1)Nc1ncc(Cl)c(n1)N2)c1nc2ccccc2s1.O=CC(F)(F)F. The molecule has 2 aromatic heterocycles. The highest BCUT2D eigenvalue weighted by atomic mass is 35.5. The van der Waals surface area contributed by atoms with E-state index in [1.54, 1.807) is 6.20 Å². The van der Waals surface area contributed by atoms with E-state index < -0.39 is 12.5 Å². The third-order valence-electron chi connectivity index (χ3n) is 5.85. The first-order chi connectivity index (χ1) is 19.7. The van der Waals surface area contributed by atoms with E-state index in [9.17, 15) is 18.0 Å². The van der Waals surface area contributed by atoms with Crippen molar-refractivity contribution in [2.45, 2.75) is 19.0 Å². The first kappa shape index (κ1) is 28.0. The first-order valence-corrected chi connectivity index (χ1v) is 13.3. The Morgan fingerprint density at radius 3 is 2.54 bits per heavy atom. The maximum absolute atomic E-state index is 13.1. The smallest absolute Gasteiger partial charge is 0.339 e. The Hall–Kier alpha value is -4.55. The highest BCUT2D eigenvalue weighted by molar-refractivity contribution is 7.20. The summed E-state index contributed by atoms with van der Waals surface area (Å²) >= 11 is 7.74. The van der Waals surface area contributed by atoms with E-state index in [0.717, 1.165) is 51.2 Å². The lowest BCUT2D eigenvalue weighted by Crippen LogP contribution is -2.13. The number of anilines is 5. The number of carbonyl (C=O) groups excluding carboxylic acids is 2. The Morgan fingerprint density at radius 2 is 1.76 bits per heavy atom. The molecule has 208 valence electrons. The molecule has 0 spiro atoms. The molecule has 0 fully saturated rings. The lowest BCUT2D eigenvalue weighted by Gasteiger charge is -2.14. The van der Waals surface area contributed by atoms with Gasteiger partial charge in [-0.2, -0.15) is 18.2 Å². The molecule has 1 aliphatic rings. The maximum atomic E-state index is 13.1. The van der Waals surface area contributed by atoms with Crippen molar-refractivity contribution in [1.82, 2.24) is 15.0 Å². The number of thiazole rings is 1. The minimum atomic E-state index is -4.64. The summed E-state index contributed by atoms with van der Waals surface area (Å²) in [4.78, 5) is 35.1. The van der Waals surface area contributed by atoms with Crippen molar-refractivity contribution in [3.8, 4) is 0 Å². The monoisotopic (exact) mass is 596 g/mol. The predicted octanol–water partition coefficient (Wildman–Crippen LogP) is 7.33. The molecule has 0 saturated heterocycles. The second kappa shape index (κ2) is 11.9. The van der Waals surface area contributed by atoms with Gasteiger partial charge < -0.3 is 16.0 Å². The molecule has 13 heteroatoms. The van der Waals surface area contributed by atoms with E-state index >= 15 is 0 Å². The standard InChI is InChI=1S/C26H19ClN6OS.C2HF3O/c27-19-14-28-26-30-17-5-3-4-15(12-17)8-9-16-13-18(29-23(19)33-26)10-11-20(16)31-24(34)25-32-21-6-1-2-7-22(21)35-25;3-2(4,5)1-6/h1-7,10-14H,8-9H2,(H,31,34)(H2,28,29,30,33);1H. The van der Waals surface area contributed by atoms with Crippen LogP contribution in [0.2, 0.25) is 5.02 Å². The van der Waals surface area contributed by atoms with Crippen molar-refractivity contribution in [3.05, 3.63) is 94.1 Å². The van der Waals surface area contributed by atoms with Crippen LogP contribution in [0.1, 0.15) is 20.9 Å². The zero-order valence-electron chi connectivity index (χ0n) is 21.0. The summed E-state index contributed by atoms with van der Waals surface area (Å²) in [6.07, 6.45) is -2.61. The molecule has 3 heterocycles. The number of nitrogens with zero attached hydrogens (tertiary/aromatic N) is 3. The Kier molecular flexibility index (Phi) is 8.13. The Balaban J connectivity index is 0.000000511. The molecule has 1 amide bonds. The number of alkyl halides is 3. The highest BCUT2D eigenvalue weighted by Gasteiger charge is 2.25. The third-order valence-corrected chi connectivity index (χ3v) is 7.16. The molecule has 41 heavy (non-hydrogen) atoms. The van der Waals surface area contributed by atoms with Crippen LogP contribution < -0.4 is 16.0 Å². The van der Waals surface area contributed by atoms with Crippen LogP contribution in [0.25, 0.3) is 10.2 Å². The van der Waals surface area contributed by atoms with Gasteiger partial charge in [0.05, 0.1) is 16.4 Å². The fraction of sp³-hybridized carbons (Fsp3) is 0.107. The number of para-hydroxylation sites is 1. The number of hydrogen-bond acceptors (Lipinski definition) is 8. The number of hydrogen-bond donors (Lipinski definition) is 3. The van der Waals surface area contributed by atoms with Crippen LogP contribution >= 0.6 is 22.9 Å². The van der Waals surface area contributed by atoms with Gasteiger partial charge >= 0.3 is 6.18 Å². The molecule has 1 aliphatic heterocycles. The van der Waals surface area contributed by atoms with Gasteiger partial charge in [0, 0.05) is 17.1 Å². The van der Waals surface area contributed by atoms with Gasteiger partial charge in [-0.1, -0.05) is 35.9 Å². The molecular weight excluding hydrogens is 577 g/mol. The van der Waals surface area contributed by atoms with Gasteiger partial charge in [0.25, 0.3) is 5.91 Å². The van der Waals surface area contributed by atoms with Crippen molar-refractivity contribution in [2.75, 3.05) is 16.0 Å². The summed E-state index contributed by atoms with van der Waals surface area (Å²) < 4.78 is 32.2. The van der Waals surface area contributed by atoms with E-state index in [0.29, 0.717) is 21.8 Å². The maximum Gasteiger partial charge on any atom is 0.446 e. The fourth-order valence-corrected chi connectivity index (χ4v) is 5.01. The van der Waals surface area contributed by atoms with E-state index in [1.807, 2.05) is 54.6 Å². The number of halogens is 4. The van der Waals surface area contributed by atoms with Gasteiger partial charge in [0.1, 0.15) is 5.02 Å². The van der Waals surface area contributed by atoms with Crippen LogP contribution in [0.4, 0.5) is 42.0 Å². The molecule has 3 N–H and O–H groups in total. The Labute approximate surface area is 240 Å². The van der Waals surface area contributed by atoms with E-state index in [1.165, 1.54) is 11.3 Å². The zero-order chi connectivity index (χ0) is 29.0. The molecule has 0 saturated carbocycles. The predicted molar refractivity (Wildman–Crippen MR) is 154 cm³/mol. The summed E-state index contributed by atoms with van der Waals surface area (Å²) in [5, 5.41) is 10.4. The van der Waals surface area contributed by atoms with Gasteiger partial charge in [-0.3, -0.25) is 9.59 Å². The van der Waals surface area contributed by atoms with Crippen LogP contribution in [0.5, 0.6) is 0 Å². The lowest BCUT2D eigenvalue weighted by atomic mass is 10.0. The molecule has 5 aromatic rings. The molecular formula is C28H20ClF3N6O2S. The highest BCUT2D eigenvalue weighted by Crippen LogP contribution is 2.30. The van der Waals surface area contributed by atoms with Gasteiger partial charge in [0.15, 0.2) is 10.8 Å². The first-order valence-electron chi connectivity index (χ1n) is 12.2. The van der Waals surface area contributed by atoms with Gasteiger partial charge in [-0.15, -0.1) is 11.3 Å². The molecule has 6 rings (SSSR count). The largest absolute Gasteiger partial charge is 0.446 e. The zero-order valence-corrected chi connectivity index (χ0v) is 22.6. The van der Waals surface area contributed by atoms with Crippen LogP contribution in [0, 0.1) is 0 Å². The number of fused-ring (bicyclic) bond motifs is 7. The number of rotatable bonds is 2. The third kappa shape index (κ3) is 7.16. The second-order valence-electron chi connectivity index (χ2n) is 8.81. The molecule has 3 aromatic carbocycles. The van der Waals surface area contributed by atoms with Gasteiger partial charge in [0.2, 0.25) is 12.2 Å². The number of aromatic nitrogens is 3. The molecule has 0 unspecified atom stereocenters. The Morgan fingerprint density at radius 1 is 0.976 bits per heavy atom. The van der Waals surface area contributed by atoms with Crippen LogP contribution in [0.15, 0.2) is 72.9 Å². The van der Waals surface area contributed by atoms with Gasteiger partial charge in [-0.25, -0.2) is 9.97 Å². The average molecular weight is 597 g/mol. The number of nitrogens with one attached hydrogen (secondary N) is 3. The topological polar surface area (TPSA) is 109 Å². The number of benzene rings is 3. The van der Waals surface area contributed by atoms with Crippen LogP contribution in [0.3, 0.4) is 0 Å². The van der Waals surface area contributed by atoms with E-state index in [2.05, 4.69) is 43.0 Å². The quantitative estimate of drug-likeness (QED) is 0.183. The number of aldehydes is 1. The van der Waals surface area contributed by atoms with Crippen molar-refractivity contribution >= 4 is 74.2 Å². The molecule has 6 bridgehead atoms. The number of amides is 1. The molecule has 0 atom stereocenters. The van der Waals surface area contributed by atoms with E-state index in [4.69, 9.17) is 16.4 Å². The summed E-state index contributed by atoms with van der Waals surface area (Å²) in [5.41, 5.74) is 5.43. The average Bonchev–Trinajstić information content (AvgIpc) is 3.39. The van der Waals surface area contributed by atoms with Crippen molar-refractivity contribution in [2.24, 2.45) is 0 Å². The lowest BCUT2D eigenvalue weighted by molar-refractivity contribution is -0.156. The molecule has 0 radical (unpaired) electrons. The summed E-state index contributed by atoms with van der Waals surface area (Å²) in [6, 6.07) is 21.7. The van der Waals surface area contributed by atoms with Crippen molar-refractivity contribution < 1.29 is 22.8 Å². The van der Waals surface area contributed by atoms with E-state index in [-0.39, 0.29) is 5.91 Å². The minimum absolute atomic E-state index is 0.222. The summed E-state index contributed by atoms with van der Waals surface area (Å²) in [5.74, 6) is 0.728. The van der Waals surface area contributed by atoms with Crippen LogP contribution in [-0.4, -0.2) is 33.3 Å². The molecule has 8 nitrogen and oxygen atoms in total. The summed E-state index contributed by atoms with van der Waals surface area (Å²) in [7, 11) is 0. The minimum Gasteiger partial charge on any atom is -0.339 e. The number of aryl methyl sites for hydroxylation is 2. The van der Waals surface area contributed by atoms with Crippen molar-refractivity contribution in [3.63, 3.8) is 0 Å². The second-order valence-corrected chi connectivity index (χ2v) is 10.3. The van der Waals surface area contributed by atoms with Gasteiger partial charge in [-0.05, 0) is 66.4 Å². The van der Waals surface area contributed by atoms with Crippen LogP contribution in [-0.2, 0) is 17.6 Å². The molecule has 0 aliphatic carbocycles. The normalized spacial score (nSPS) is 12.3. The number of carbonyl (C=O) groups is 2.